The number of hydrogen-bond acceptors (Lipinski definition) is 4. The number of rotatable bonds is 2. The Kier molecular flexibility index (Phi) is 4.25. The van der Waals surface area contributed by atoms with Gasteiger partial charge in [-0.1, -0.05) is 0 Å². The molecule has 1 saturated heterocycles. The van der Waals surface area contributed by atoms with E-state index in [1.165, 1.54) is 6.42 Å². The SMILES string of the molecule is CN1CCCN(C2CCCC(N)(C(N)=O)C2)CC1. The zero-order valence-electron chi connectivity index (χ0n) is 11.4. The van der Waals surface area contributed by atoms with Crippen molar-refractivity contribution in [2.75, 3.05) is 33.2 Å². The second kappa shape index (κ2) is 5.55. The minimum atomic E-state index is -0.777. The third kappa shape index (κ3) is 3.02. The number of nitrogens with zero attached hydrogens (tertiary/aromatic N) is 2. The Morgan fingerprint density at radius 2 is 2.00 bits per heavy atom. The molecule has 0 bridgehead atoms. The van der Waals surface area contributed by atoms with Crippen LogP contribution in [0.2, 0.25) is 0 Å². The summed E-state index contributed by atoms with van der Waals surface area (Å²) in [6.07, 6.45) is 4.83. The quantitative estimate of drug-likeness (QED) is 0.712. The second-order valence-corrected chi connectivity index (χ2v) is 5.96. The Labute approximate surface area is 109 Å². The summed E-state index contributed by atoms with van der Waals surface area (Å²) in [6, 6.07) is 0.433. The highest BCUT2D eigenvalue weighted by atomic mass is 16.1. The molecule has 5 heteroatoms. The number of amides is 1. The number of carbonyl (C=O) groups is 1. The van der Waals surface area contributed by atoms with Crippen LogP contribution in [0, 0.1) is 0 Å². The van der Waals surface area contributed by atoms with Gasteiger partial charge in [-0.3, -0.25) is 9.69 Å². The molecule has 1 aliphatic carbocycles. The van der Waals surface area contributed by atoms with Crippen molar-refractivity contribution in [1.29, 1.82) is 0 Å². The Bertz CT molecular complexity index is 309. The molecule has 2 atom stereocenters. The highest BCUT2D eigenvalue weighted by Crippen LogP contribution is 2.29. The van der Waals surface area contributed by atoms with Gasteiger partial charge < -0.3 is 16.4 Å². The van der Waals surface area contributed by atoms with Crippen molar-refractivity contribution in [3.05, 3.63) is 0 Å². The Morgan fingerprint density at radius 1 is 1.22 bits per heavy atom. The fourth-order valence-electron chi connectivity index (χ4n) is 3.24. The molecule has 0 aromatic heterocycles. The number of carbonyl (C=O) groups excluding carboxylic acids is 1. The molecule has 0 aromatic carbocycles. The topological polar surface area (TPSA) is 75.6 Å². The smallest absolute Gasteiger partial charge is 0.237 e. The average molecular weight is 254 g/mol. The van der Waals surface area contributed by atoms with Crippen LogP contribution in [-0.2, 0) is 4.79 Å². The molecule has 0 spiro atoms. The summed E-state index contributed by atoms with van der Waals surface area (Å²) in [5, 5.41) is 0. The molecule has 2 fully saturated rings. The summed E-state index contributed by atoms with van der Waals surface area (Å²) in [6.45, 7) is 4.46. The van der Waals surface area contributed by atoms with Crippen molar-refractivity contribution in [2.24, 2.45) is 11.5 Å². The van der Waals surface area contributed by atoms with Gasteiger partial charge in [0.1, 0.15) is 0 Å². The first-order chi connectivity index (χ1) is 8.51. The van der Waals surface area contributed by atoms with Gasteiger partial charge in [-0.15, -0.1) is 0 Å². The fraction of sp³-hybridized carbons (Fsp3) is 0.923. The summed E-state index contributed by atoms with van der Waals surface area (Å²) in [4.78, 5) is 16.4. The molecular weight excluding hydrogens is 228 g/mol. The van der Waals surface area contributed by atoms with Crippen LogP contribution < -0.4 is 11.5 Å². The Hall–Kier alpha value is -0.650. The summed E-state index contributed by atoms with van der Waals surface area (Å²) in [5.74, 6) is -0.334. The minimum absolute atomic E-state index is 0.334. The van der Waals surface area contributed by atoms with E-state index in [9.17, 15) is 4.79 Å². The van der Waals surface area contributed by atoms with Gasteiger partial charge >= 0.3 is 0 Å². The molecule has 0 aromatic rings. The maximum Gasteiger partial charge on any atom is 0.237 e. The molecular formula is C13H26N4O. The highest BCUT2D eigenvalue weighted by Gasteiger charge is 2.39. The maximum absolute atomic E-state index is 11.5. The summed E-state index contributed by atoms with van der Waals surface area (Å²) in [7, 11) is 2.17. The van der Waals surface area contributed by atoms with Crippen LogP contribution >= 0.6 is 0 Å². The lowest BCUT2D eigenvalue weighted by Gasteiger charge is -2.40. The van der Waals surface area contributed by atoms with Gasteiger partial charge in [0, 0.05) is 19.1 Å². The van der Waals surface area contributed by atoms with Gasteiger partial charge in [0.2, 0.25) is 5.91 Å². The molecule has 18 heavy (non-hydrogen) atoms. The van der Waals surface area contributed by atoms with Gasteiger partial charge in [-0.25, -0.2) is 0 Å². The van der Waals surface area contributed by atoms with E-state index in [4.69, 9.17) is 11.5 Å². The molecule has 1 saturated carbocycles. The zero-order chi connectivity index (χ0) is 13.2. The Balaban J connectivity index is 1.98. The van der Waals surface area contributed by atoms with Crippen LogP contribution in [0.1, 0.15) is 32.1 Å². The lowest BCUT2D eigenvalue weighted by molar-refractivity contribution is -0.125. The minimum Gasteiger partial charge on any atom is -0.368 e. The normalized spacial score (nSPS) is 36.2. The molecule has 2 rings (SSSR count). The van der Waals surface area contributed by atoms with Crippen LogP contribution in [0.4, 0.5) is 0 Å². The van der Waals surface area contributed by atoms with Crippen LogP contribution in [0.3, 0.4) is 0 Å². The Morgan fingerprint density at radius 3 is 2.72 bits per heavy atom. The maximum atomic E-state index is 11.5. The van der Waals surface area contributed by atoms with Crippen LogP contribution in [0.5, 0.6) is 0 Å². The molecule has 104 valence electrons. The summed E-state index contributed by atoms with van der Waals surface area (Å²) < 4.78 is 0. The molecule has 0 radical (unpaired) electrons. The molecule has 1 amide bonds. The lowest BCUT2D eigenvalue weighted by Crippen LogP contribution is -2.58. The highest BCUT2D eigenvalue weighted by molar-refractivity contribution is 5.84. The van der Waals surface area contributed by atoms with Gasteiger partial charge in [0.15, 0.2) is 0 Å². The average Bonchev–Trinajstić information content (AvgIpc) is 2.54. The first kappa shape index (κ1) is 13.8. The number of nitrogens with two attached hydrogens (primary N) is 2. The molecule has 1 heterocycles. The van der Waals surface area contributed by atoms with Gasteiger partial charge in [-0.2, -0.15) is 0 Å². The van der Waals surface area contributed by atoms with E-state index in [1.54, 1.807) is 0 Å². The fourth-order valence-corrected chi connectivity index (χ4v) is 3.24. The van der Waals surface area contributed by atoms with Crippen LogP contribution in [0.15, 0.2) is 0 Å². The van der Waals surface area contributed by atoms with Crippen LogP contribution in [-0.4, -0.2) is 60.5 Å². The third-order valence-electron chi connectivity index (χ3n) is 4.52. The second-order valence-electron chi connectivity index (χ2n) is 5.96. The number of hydrogen-bond donors (Lipinski definition) is 2. The van der Waals surface area contributed by atoms with Crippen molar-refractivity contribution in [2.45, 2.75) is 43.7 Å². The zero-order valence-corrected chi connectivity index (χ0v) is 11.4. The van der Waals surface area contributed by atoms with Crippen molar-refractivity contribution >= 4 is 5.91 Å². The molecule has 4 N–H and O–H groups in total. The van der Waals surface area contributed by atoms with Crippen molar-refractivity contribution < 1.29 is 4.79 Å². The van der Waals surface area contributed by atoms with Gasteiger partial charge in [0.05, 0.1) is 5.54 Å². The lowest BCUT2D eigenvalue weighted by atomic mass is 9.78. The summed E-state index contributed by atoms with van der Waals surface area (Å²) >= 11 is 0. The van der Waals surface area contributed by atoms with Gasteiger partial charge in [0.25, 0.3) is 0 Å². The van der Waals surface area contributed by atoms with E-state index in [0.29, 0.717) is 6.04 Å². The van der Waals surface area contributed by atoms with Crippen molar-refractivity contribution in [3.8, 4) is 0 Å². The van der Waals surface area contributed by atoms with Gasteiger partial charge in [-0.05, 0) is 52.2 Å². The number of likely N-dealkylation sites (N-methyl/N-ethyl adjacent to an activating group) is 1. The standard InChI is InChI=1S/C13H26N4O/c1-16-6-3-7-17(9-8-16)11-4-2-5-13(15,10-11)12(14)18/h11H,2-10,15H2,1H3,(H2,14,18). The largest absolute Gasteiger partial charge is 0.368 e. The predicted octanol–water partition coefficient (Wildman–Crippen LogP) is -0.251. The van der Waals surface area contributed by atoms with Crippen LogP contribution in [0.25, 0.3) is 0 Å². The number of primary amides is 1. The predicted molar refractivity (Wildman–Crippen MR) is 72.1 cm³/mol. The van der Waals surface area contributed by atoms with E-state index < -0.39 is 5.54 Å². The van der Waals surface area contributed by atoms with Crippen molar-refractivity contribution in [1.82, 2.24) is 9.80 Å². The first-order valence-corrected chi connectivity index (χ1v) is 7.03. The van der Waals surface area contributed by atoms with E-state index in [0.717, 1.165) is 51.9 Å². The van der Waals surface area contributed by atoms with Crippen molar-refractivity contribution in [3.63, 3.8) is 0 Å². The third-order valence-corrected chi connectivity index (χ3v) is 4.52. The van der Waals surface area contributed by atoms with E-state index in [-0.39, 0.29) is 5.91 Å². The first-order valence-electron chi connectivity index (χ1n) is 7.03. The monoisotopic (exact) mass is 254 g/mol. The van der Waals surface area contributed by atoms with E-state index in [2.05, 4.69) is 16.8 Å². The molecule has 1 aliphatic heterocycles. The molecule has 2 aliphatic rings. The molecule has 5 nitrogen and oxygen atoms in total. The van der Waals surface area contributed by atoms with E-state index >= 15 is 0 Å². The molecule has 2 unspecified atom stereocenters. The van der Waals surface area contributed by atoms with E-state index in [1.807, 2.05) is 0 Å². The summed E-state index contributed by atoms with van der Waals surface area (Å²) in [5.41, 5.74) is 10.8.